The first-order valence-electron chi connectivity index (χ1n) is 4.95. The maximum Gasteiger partial charge on any atom is 0.194 e. The van der Waals surface area contributed by atoms with Gasteiger partial charge in [-0.3, -0.25) is 0 Å². The Morgan fingerprint density at radius 2 is 1.86 bits per heavy atom. The minimum Gasteiger partial charge on any atom is -0.398 e. The first-order chi connectivity index (χ1) is 6.24. The van der Waals surface area contributed by atoms with Crippen molar-refractivity contribution < 1.29 is 4.43 Å². The molecular formula is C11H21NOSi. The summed E-state index contributed by atoms with van der Waals surface area (Å²) in [5.41, 5.74) is 0. The molecule has 0 fully saturated rings. The van der Waals surface area contributed by atoms with E-state index in [-0.39, 0.29) is 11.1 Å². The number of nitriles is 1. The molecule has 0 saturated carbocycles. The Labute approximate surface area is 88.7 Å². The summed E-state index contributed by atoms with van der Waals surface area (Å²) in [6.45, 7) is 12.7. The second-order valence-electron chi connectivity index (χ2n) is 4.95. The van der Waals surface area contributed by atoms with Crippen LogP contribution in [0, 0.1) is 11.3 Å². The summed E-state index contributed by atoms with van der Waals surface area (Å²) in [5, 5.41) is 9.04. The van der Waals surface area contributed by atoms with Crippen LogP contribution in [0.3, 0.4) is 0 Å². The lowest BCUT2D eigenvalue weighted by Crippen LogP contribution is -2.43. The van der Waals surface area contributed by atoms with Gasteiger partial charge in [0, 0.05) is 0 Å². The fraction of sp³-hybridized carbons (Fsp3) is 0.727. The number of allylic oxidation sites excluding steroid dienone is 1. The Morgan fingerprint density at radius 3 is 2.14 bits per heavy atom. The molecule has 1 unspecified atom stereocenters. The molecule has 0 rings (SSSR count). The van der Waals surface area contributed by atoms with Crippen molar-refractivity contribution in [2.75, 3.05) is 0 Å². The van der Waals surface area contributed by atoms with E-state index in [0.29, 0.717) is 0 Å². The lowest BCUT2D eigenvalue weighted by molar-refractivity contribution is 0.273. The van der Waals surface area contributed by atoms with Crippen LogP contribution in [-0.2, 0) is 4.43 Å². The van der Waals surface area contributed by atoms with Gasteiger partial charge in [-0.2, -0.15) is 5.26 Å². The molecule has 0 radical (unpaired) electrons. The molecule has 0 spiro atoms. The summed E-state index contributed by atoms with van der Waals surface area (Å²) >= 11 is 0. The van der Waals surface area contributed by atoms with Crippen molar-refractivity contribution in [1.82, 2.24) is 0 Å². The van der Waals surface area contributed by atoms with Gasteiger partial charge in [-0.15, -0.1) is 0 Å². The zero-order valence-electron chi connectivity index (χ0n) is 10.1. The number of rotatable bonds is 3. The van der Waals surface area contributed by atoms with Crippen molar-refractivity contribution in [3.05, 3.63) is 12.2 Å². The number of hydrogen-bond donors (Lipinski definition) is 0. The largest absolute Gasteiger partial charge is 0.398 e. The highest BCUT2D eigenvalue weighted by molar-refractivity contribution is 6.74. The Morgan fingerprint density at radius 1 is 1.36 bits per heavy atom. The van der Waals surface area contributed by atoms with Gasteiger partial charge in [0.15, 0.2) is 14.4 Å². The van der Waals surface area contributed by atoms with Crippen LogP contribution in [0.4, 0.5) is 0 Å². The molecule has 0 aromatic rings. The van der Waals surface area contributed by atoms with Crippen LogP contribution >= 0.6 is 0 Å². The molecule has 0 N–H and O–H groups in total. The van der Waals surface area contributed by atoms with Crippen LogP contribution < -0.4 is 0 Å². The van der Waals surface area contributed by atoms with Gasteiger partial charge in [-0.05, 0) is 31.1 Å². The second-order valence-corrected chi connectivity index (χ2v) is 9.71. The maximum atomic E-state index is 8.88. The van der Waals surface area contributed by atoms with E-state index in [2.05, 4.69) is 39.9 Å². The monoisotopic (exact) mass is 211 g/mol. The van der Waals surface area contributed by atoms with Gasteiger partial charge in [-0.1, -0.05) is 26.8 Å². The maximum absolute atomic E-state index is 8.88. The molecule has 0 heterocycles. The van der Waals surface area contributed by atoms with E-state index in [9.17, 15) is 0 Å². The summed E-state index contributed by atoms with van der Waals surface area (Å²) in [4.78, 5) is 0. The van der Waals surface area contributed by atoms with Crippen molar-refractivity contribution >= 4 is 8.32 Å². The SMILES string of the molecule is CC=CC(C#N)O[Si](C)(C)C(C)(C)C. The highest BCUT2D eigenvalue weighted by Gasteiger charge is 2.38. The van der Waals surface area contributed by atoms with Crippen molar-refractivity contribution in [1.29, 1.82) is 5.26 Å². The van der Waals surface area contributed by atoms with E-state index in [0.717, 1.165) is 0 Å². The normalized spacial score (nSPS) is 15.5. The van der Waals surface area contributed by atoms with E-state index in [4.69, 9.17) is 9.69 Å². The molecule has 80 valence electrons. The third-order valence-electron chi connectivity index (χ3n) is 2.72. The Balaban J connectivity index is 4.58. The lowest BCUT2D eigenvalue weighted by atomic mass is 10.2. The zero-order valence-corrected chi connectivity index (χ0v) is 11.1. The fourth-order valence-corrected chi connectivity index (χ4v) is 1.90. The highest BCUT2D eigenvalue weighted by Crippen LogP contribution is 2.37. The van der Waals surface area contributed by atoms with E-state index in [1.54, 1.807) is 6.08 Å². The van der Waals surface area contributed by atoms with Gasteiger partial charge in [0.1, 0.15) is 0 Å². The number of nitrogens with zero attached hydrogens (tertiary/aromatic N) is 1. The predicted octanol–water partition coefficient (Wildman–Crippen LogP) is 3.48. The average molecular weight is 211 g/mol. The topological polar surface area (TPSA) is 33.0 Å². The van der Waals surface area contributed by atoms with Gasteiger partial charge in [-0.25, -0.2) is 0 Å². The predicted molar refractivity (Wildman–Crippen MR) is 62.5 cm³/mol. The summed E-state index contributed by atoms with van der Waals surface area (Å²) < 4.78 is 5.88. The van der Waals surface area contributed by atoms with Crippen LogP contribution in [0.1, 0.15) is 27.7 Å². The highest BCUT2D eigenvalue weighted by atomic mass is 28.4. The minimum absolute atomic E-state index is 0.156. The Hall–Kier alpha value is -0.593. The molecule has 0 saturated heterocycles. The molecule has 0 aliphatic carbocycles. The fourth-order valence-electron chi connectivity index (χ4n) is 0.778. The van der Waals surface area contributed by atoms with Crippen molar-refractivity contribution in [2.24, 2.45) is 0 Å². The smallest absolute Gasteiger partial charge is 0.194 e. The van der Waals surface area contributed by atoms with Gasteiger partial charge in [0.2, 0.25) is 0 Å². The quantitative estimate of drug-likeness (QED) is 0.529. The molecule has 1 atom stereocenters. The molecule has 0 aromatic heterocycles. The standard InChI is InChI=1S/C11H21NOSi/c1-7-8-10(9-12)13-14(5,6)11(2,3)4/h7-8,10H,1-6H3. The van der Waals surface area contributed by atoms with Gasteiger partial charge < -0.3 is 4.43 Å². The molecule has 0 bridgehead atoms. The third-order valence-corrected chi connectivity index (χ3v) is 7.18. The Bertz CT molecular complexity index is 245. The summed E-state index contributed by atoms with van der Waals surface area (Å²) in [6, 6.07) is 2.16. The first-order valence-corrected chi connectivity index (χ1v) is 7.85. The molecule has 2 nitrogen and oxygen atoms in total. The molecule has 0 amide bonds. The van der Waals surface area contributed by atoms with Gasteiger partial charge in [0.05, 0.1) is 6.07 Å². The van der Waals surface area contributed by atoms with Crippen LogP contribution in [0.5, 0.6) is 0 Å². The van der Waals surface area contributed by atoms with E-state index < -0.39 is 8.32 Å². The van der Waals surface area contributed by atoms with Crippen LogP contribution in [-0.4, -0.2) is 14.4 Å². The lowest BCUT2D eigenvalue weighted by Gasteiger charge is -2.37. The third kappa shape index (κ3) is 3.65. The Kier molecular flexibility index (Phi) is 4.56. The molecular weight excluding hydrogens is 190 g/mol. The average Bonchev–Trinajstić information content (AvgIpc) is 2.01. The van der Waals surface area contributed by atoms with E-state index >= 15 is 0 Å². The van der Waals surface area contributed by atoms with E-state index in [1.807, 2.05) is 13.0 Å². The minimum atomic E-state index is -1.80. The molecule has 14 heavy (non-hydrogen) atoms. The van der Waals surface area contributed by atoms with Crippen molar-refractivity contribution in [3.63, 3.8) is 0 Å². The summed E-state index contributed by atoms with van der Waals surface area (Å²) in [6.07, 6.45) is 3.28. The molecule has 0 aliphatic heterocycles. The van der Waals surface area contributed by atoms with E-state index in [1.165, 1.54) is 0 Å². The number of hydrogen-bond acceptors (Lipinski definition) is 2. The first kappa shape index (κ1) is 13.4. The zero-order chi connectivity index (χ0) is 11.4. The van der Waals surface area contributed by atoms with Crippen LogP contribution in [0.25, 0.3) is 0 Å². The molecule has 0 aliphatic rings. The second kappa shape index (κ2) is 4.76. The molecule has 3 heteroatoms. The van der Waals surface area contributed by atoms with Gasteiger partial charge >= 0.3 is 0 Å². The van der Waals surface area contributed by atoms with Crippen LogP contribution in [0.2, 0.25) is 18.1 Å². The summed E-state index contributed by atoms with van der Waals surface area (Å²) in [5.74, 6) is 0. The van der Waals surface area contributed by atoms with Crippen molar-refractivity contribution in [2.45, 2.75) is 51.9 Å². The van der Waals surface area contributed by atoms with Crippen LogP contribution in [0.15, 0.2) is 12.2 Å². The van der Waals surface area contributed by atoms with Crippen molar-refractivity contribution in [3.8, 4) is 6.07 Å². The molecule has 0 aromatic carbocycles. The van der Waals surface area contributed by atoms with Gasteiger partial charge in [0.25, 0.3) is 0 Å². The summed E-state index contributed by atoms with van der Waals surface area (Å²) in [7, 11) is -1.80.